The van der Waals surface area contributed by atoms with Crippen molar-refractivity contribution in [3.05, 3.63) is 58.7 Å². The molecule has 0 fully saturated rings. The van der Waals surface area contributed by atoms with Crippen molar-refractivity contribution in [1.82, 2.24) is 5.32 Å². The lowest BCUT2D eigenvalue weighted by Gasteiger charge is -2.19. The number of methoxy groups -OCH3 is 2. The van der Waals surface area contributed by atoms with Crippen LogP contribution >= 0.6 is 0 Å². The van der Waals surface area contributed by atoms with E-state index in [-0.39, 0.29) is 6.04 Å². The predicted octanol–water partition coefficient (Wildman–Crippen LogP) is 3.73. The summed E-state index contributed by atoms with van der Waals surface area (Å²) in [6.07, 6.45) is 0. The van der Waals surface area contributed by atoms with E-state index in [4.69, 9.17) is 14.7 Å². The summed E-state index contributed by atoms with van der Waals surface area (Å²) in [6, 6.07) is 13.9. The van der Waals surface area contributed by atoms with Crippen LogP contribution in [0, 0.1) is 18.3 Å². The van der Waals surface area contributed by atoms with E-state index in [2.05, 4.69) is 25.2 Å². The molecule has 0 spiro atoms. The number of hydrogen-bond acceptors (Lipinski definition) is 4. The summed E-state index contributed by atoms with van der Waals surface area (Å²) in [5.74, 6) is 1.48. The molecule has 0 radical (unpaired) electrons. The zero-order chi connectivity index (χ0) is 16.8. The number of nitrogens with one attached hydrogen (secondary N) is 1. The van der Waals surface area contributed by atoms with Crippen LogP contribution in [0.3, 0.4) is 0 Å². The molecule has 4 nitrogen and oxygen atoms in total. The van der Waals surface area contributed by atoms with Crippen LogP contribution in [0.15, 0.2) is 36.4 Å². The van der Waals surface area contributed by atoms with Crippen molar-refractivity contribution >= 4 is 0 Å². The highest BCUT2D eigenvalue weighted by Crippen LogP contribution is 2.32. The number of ether oxygens (including phenoxy) is 2. The van der Waals surface area contributed by atoms with Gasteiger partial charge in [0.2, 0.25) is 0 Å². The van der Waals surface area contributed by atoms with Gasteiger partial charge in [-0.25, -0.2) is 0 Å². The molecule has 0 saturated carbocycles. The third kappa shape index (κ3) is 4.02. The van der Waals surface area contributed by atoms with Crippen molar-refractivity contribution < 1.29 is 9.47 Å². The second-order valence-corrected chi connectivity index (χ2v) is 5.48. The van der Waals surface area contributed by atoms with E-state index in [9.17, 15) is 0 Å². The molecule has 0 aliphatic heterocycles. The Kier molecular flexibility index (Phi) is 5.61. The zero-order valence-electron chi connectivity index (χ0n) is 14.0. The Hall–Kier alpha value is -2.51. The molecule has 1 N–H and O–H groups in total. The van der Waals surface area contributed by atoms with Gasteiger partial charge in [0.15, 0.2) is 11.5 Å². The van der Waals surface area contributed by atoms with Crippen LogP contribution in [0.5, 0.6) is 11.5 Å². The van der Waals surface area contributed by atoms with Gasteiger partial charge in [-0.2, -0.15) is 5.26 Å². The Morgan fingerprint density at radius 2 is 1.70 bits per heavy atom. The number of benzene rings is 2. The highest BCUT2D eigenvalue weighted by Gasteiger charge is 2.13. The molecule has 2 rings (SSSR count). The third-order valence-corrected chi connectivity index (χ3v) is 3.93. The number of nitrogens with zero attached hydrogens (tertiary/aromatic N) is 1. The molecule has 0 heterocycles. The predicted molar refractivity (Wildman–Crippen MR) is 90.7 cm³/mol. The molecule has 0 unspecified atom stereocenters. The molecule has 0 aromatic heterocycles. The fourth-order valence-electron chi connectivity index (χ4n) is 2.54. The normalized spacial score (nSPS) is 11.6. The van der Waals surface area contributed by atoms with Gasteiger partial charge >= 0.3 is 0 Å². The van der Waals surface area contributed by atoms with Crippen molar-refractivity contribution in [1.29, 1.82) is 5.26 Å². The second-order valence-electron chi connectivity index (χ2n) is 5.48. The van der Waals surface area contributed by atoms with Crippen LogP contribution in [-0.4, -0.2) is 14.2 Å². The number of aryl methyl sites for hydroxylation is 1. The van der Waals surface area contributed by atoms with E-state index in [0.29, 0.717) is 5.56 Å². The van der Waals surface area contributed by atoms with Crippen LogP contribution in [0.1, 0.15) is 35.2 Å². The first-order valence-electron chi connectivity index (χ1n) is 7.54. The van der Waals surface area contributed by atoms with Crippen LogP contribution in [0.4, 0.5) is 0 Å². The maximum absolute atomic E-state index is 8.83. The van der Waals surface area contributed by atoms with Crippen molar-refractivity contribution in [2.75, 3.05) is 14.2 Å². The molecule has 0 saturated heterocycles. The van der Waals surface area contributed by atoms with Gasteiger partial charge in [0.1, 0.15) is 0 Å². The third-order valence-electron chi connectivity index (χ3n) is 3.93. The van der Waals surface area contributed by atoms with Crippen molar-refractivity contribution in [2.45, 2.75) is 26.4 Å². The Labute approximate surface area is 137 Å². The summed E-state index contributed by atoms with van der Waals surface area (Å²) in [5, 5.41) is 12.3. The molecule has 120 valence electrons. The number of hydrogen-bond donors (Lipinski definition) is 1. The molecule has 2 aromatic carbocycles. The van der Waals surface area contributed by atoms with E-state index < -0.39 is 0 Å². The van der Waals surface area contributed by atoms with Gasteiger partial charge in [0.05, 0.1) is 25.9 Å². The minimum atomic E-state index is 0.172. The Balaban J connectivity index is 2.10. The zero-order valence-corrected chi connectivity index (χ0v) is 14.0. The molecule has 4 heteroatoms. The highest BCUT2D eigenvalue weighted by atomic mass is 16.5. The summed E-state index contributed by atoms with van der Waals surface area (Å²) in [6.45, 7) is 4.93. The van der Waals surface area contributed by atoms with Gasteiger partial charge in [-0.05, 0) is 54.8 Å². The van der Waals surface area contributed by atoms with Crippen LogP contribution < -0.4 is 14.8 Å². The van der Waals surface area contributed by atoms with Crippen LogP contribution in [0.2, 0.25) is 0 Å². The van der Waals surface area contributed by atoms with E-state index in [1.165, 1.54) is 5.56 Å². The fourth-order valence-corrected chi connectivity index (χ4v) is 2.54. The van der Waals surface area contributed by atoms with E-state index in [1.807, 2.05) is 36.4 Å². The quantitative estimate of drug-likeness (QED) is 0.883. The number of nitriles is 1. The minimum absolute atomic E-state index is 0.172. The SMILES string of the molecule is COc1cc(C)c([C@H](C)NCc2ccc(C#N)cc2)cc1OC. The van der Waals surface area contributed by atoms with Crippen LogP contribution in [-0.2, 0) is 6.54 Å². The lowest BCUT2D eigenvalue weighted by molar-refractivity contribution is 0.353. The standard InChI is InChI=1S/C19H22N2O2/c1-13-9-18(22-3)19(23-4)10-17(13)14(2)21-12-16-7-5-15(11-20)6-8-16/h5-10,14,21H,12H2,1-4H3/t14-/m0/s1. The number of rotatable bonds is 6. The summed E-state index contributed by atoms with van der Waals surface area (Å²) in [4.78, 5) is 0. The molecule has 23 heavy (non-hydrogen) atoms. The summed E-state index contributed by atoms with van der Waals surface area (Å²) >= 11 is 0. The van der Waals surface area contributed by atoms with Crippen LogP contribution in [0.25, 0.3) is 0 Å². The first kappa shape index (κ1) is 16.9. The average molecular weight is 310 g/mol. The first-order valence-corrected chi connectivity index (χ1v) is 7.54. The Morgan fingerprint density at radius 3 is 2.26 bits per heavy atom. The van der Waals surface area contributed by atoms with Gasteiger partial charge in [-0.1, -0.05) is 12.1 Å². The maximum atomic E-state index is 8.83. The molecular weight excluding hydrogens is 288 g/mol. The molecule has 2 aromatic rings. The lowest BCUT2D eigenvalue weighted by Crippen LogP contribution is -2.19. The monoisotopic (exact) mass is 310 g/mol. The van der Waals surface area contributed by atoms with Gasteiger partial charge in [0.25, 0.3) is 0 Å². The average Bonchev–Trinajstić information content (AvgIpc) is 2.59. The molecule has 0 aliphatic carbocycles. The van der Waals surface area contributed by atoms with Crippen molar-refractivity contribution in [2.24, 2.45) is 0 Å². The van der Waals surface area contributed by atoms with E-state index in [0.717, 1.165) is 29.2 Å². The molecule has 0 aliphatic rings. The fraction of sp³-hybridized carbons (Fsp3) is 0.316. The largest absolute Gasteiger partial charge is 0.493 e. The van der Waals surface area contributed by atoms with Gasteiger partial charge in [-0.3, -0.25) is 0 Å². The highest BCUT2D eigenvalue weighted by molar-refractivity contribution is 5.48. The van der Waals surface area contributed by atoms with Gasteiger partial charge in [0, 0.05) is 12.6 Å². The second kappa shape index (κ2) is 7.66. The van der Waals surface area contributed by atoms with Gasteiger partial charge in [-0.15, -0.1) is 0 Å². The maximum Gasteiger partial charge on any atom is 0.161 e. The first-order chi connectivity index (χ1) is 11.1. The smallest absolute Gasteiger partial charge is 0.161 e. The van der Waals surface area contributed by atoms with Gasteiger partial charge < -0.3 is 14.8 Å². The summed E-state index contributed by atoms with van der Waals surface area (Å²) in [7, 11) is 3.29. The Morgan fingerprint density at radius 1 is 1.09 bits per heavy atom. The topological polar surface area (TPSA) is 54.3 Å². The summed E-state index contributed by atoms with van der Waals surface area (Å²) in [5.41, 5.74) is 4.16. The molecular formula is C19H22N2O2. The summed E-state index contributed by atoms with van der Waals surface area (Å²) < 4.78 is 10.7. The van der Waals surface area contributed by atoms with Crippen molar-refractivity contribution in [3.8, 4) is 17.6 Å². The van der Waals surface area contributed by atoms with E-state index >= 15 is 0 Å². The lowest BCUT2D eigenvalue weighted by atomic mass is 10.0. The van der Waals surface area contributed by atoms with E-state index in [1.54, 1.807) is 14.2 Å². The molecule has 0 bridgehead atoms. The molecule has 0 amide bonds. The van der Waals surface area contributed by atoms with Crippen molar-refractivity contribution in [3.63, 3.8) is 0 Å². The molecule has 1 atom stereocenters. The Bertz CT molecular complexity index is 703. The minimum Gasteiger partial charge on any atom is -0.493 e.